The first-order chi connectivity index (χ1) is 4.70. The Labute approximate surface area is 59.8 Å². The summed E-state index contributed by atoms with van der Waals surface area (Å²) in [6.45, 7) is 1.95. The monoisotopic (exact) mass is 141 g/mol. The molecule has 1 heterocycles. The Hall–Kier alpha value is -0.830. The van der Waals surface area contributed by atoms with Crippen molar-refractivity contribution in [3.8, 4) is 0 Å². The minimum Gasteiger partial charge on any atom is -0.489 e. The Morgan fingerprint density at radius 3 is 3.00 bits per heavy atom. The molecule has 0 radical (unpaired) electrons. The van der Waals surface area contributed by atoms with Gasteiger partial charge in [0.2, 0.25) is 0 Å². The summed E-state index contributed by atoms with van der Waals surface area (Å²) in [5, 5.41) is 0. The van der Waals surface area contributed by atoms with Gasteiger partial charge in [-0.2, -0.15) is 0 Å². The van der Waals surface area contributed by atoms with E-state index in [2.05, 4.69) is 0 Å². The van der Waals surface area contributed by atoms with Crippen molar-refractivity contribution in [2.24, 2.45) is 5.73 Å². The Morgan fingerprint density at radius 2 is 2.60 bits per heavy atom. The van der Waals surface area contributed by atoms with Gasteiger partial charge in [-0.25, -0.2) is 0 Å². The topological polar surface area (TPSA) is 52.3 Å². The van der Waals surface area contributed by atoms with Crippen LogP contribution in [-0.4, -0.2) is 18.4 Å². The zero-order chi connectivity index (χ0) is 7.56. The van der Waals surface area contributed by atoms with Gasteiger partial charge in [0.25, 0.3) is 0 Å². The Morgan fingerprint density at radius 1 is 1.90 bits per heavy atom. The zero-order valence-corrected chi connectivity index (χ0v) is 5.96. The highest BCUT2D eigenvalue weighted by molar-refractivity contribution is 5.91. The second-order valence-corrected chi connectivity index (χ2v) is 2.43. The minimum absolute atomic E-state index is 0.0214. The smallest absolute Gasteiger partial charge is 0.193 e. The molecule has 10 heavy (non-hydrogen) atoms. The normalized spacial score (nSPS) is 25.0. The van der Waals surface area contributed by atoms with E-state index in [0.717, 1.165) is 6.42 Å². The largest absolute Gasteiger partial charge is 0.489 e. The molecule has 1 unspecified atom stereocenters. The Kier molecular flexibility index (Phi) is 2.06. The molecule has 0 aromatic carbocycles. The third-order valence-corrected chi connectivity index (χ3v) is 1.41. The number of allylic oxidation sites excluding steroid dienone is 1. The molecule has 0 amide bonds. The summed E-state index contributed by atoms with van der Waals surface area (Å²) in [4.78, 5) is 10.7. The highest BCUT2D eigenvalue weighted by atomic mass is 16.5. The van der Waals surface area contributed by atoms with Crippen LogP contribution in [0.5, 0.6) is 0 Å². The van der Waals surface area contributed by atoms with Gasteiger partial charge in [0.05, 0.1) is 0 Å². The van der Waals surface area contributed by atoms with E-state index in [1.54, 1.807) is 6.08 Å². The van der Waals surface area contributed by atoms with Crippen molar-refractivity contribution in [2.75, 3.05) is 6.61 Å². The van der Waals surface area contributed by atoms with Crippen LogP contribution >= 0.6 is 0 Å². The van der Waals surface area contributed by atoms with Crippen LogP contribution in [0.3, 0.4) is 0 Å². The molecule has 3 heteroatoms. The van der Waals surface area contributed by atoms with Crippen LogP contribution in [0.4, 0.5) is 0 Å². The number of hydrogen-bond acceptors (Lipinski definition) is 3. The second-order valence-electron chi connectivity index (χ2n) is 2.43. The molecule has 0 aromatic heterocycles. The van der Waals surface area contributed by atoms with E-state index in [1.807, 2.05) is 0 Å². The Bertz CT molecular complexity index is 174. The van der Waals surface area contributed by atoms with Crippen molar-refractivity contribution in [3.63, 3.8) is 0 Å². The van der Waals surface area contributed by atoms with Crippen LogP contribution in [0.2, 0.25) is 0 Å². The third-order valence-electron chi connectivity index (χ3n) is 1.41. The van der Waals surface area contributed by atoms with E-state index >= 15 is 0 Å². The first-order valence-electron chi connectivity index (χ1n) is 3.29. The Balaban J connectivity index is 2.56. The van der Waals surface area contributed by atoms with Crippen LogP contribution in [0, 0.1) is 0 Å². The fraction of sp³-hybridized carbons (Fsp3) is 0.571. The molecule has 2 N–H and O–H groups in total. The summed E-state index contributed by atoms with van der Waals surface area (Å²) >= 11 is 0. The van der Waals surface area contributed by atoms with Crippen LogP contribution in [0.1, 0.15) is 13.3 Å². The minimum atomic E-state index is -0.0214. The highest BCUT2D eigenvalue weighted by Crippen LogP contribution is 2.09. The zero-order valence-electron chi connectivity index (χ0n) is 5.96. The van der Waals surface area contributed by atoms with E-state index in [1.165, 1.54) is 6.92 Å². The van der Waals surface area contributed by atoms with Gasteiger partial charge < -0.3 is 10.5 Å². The lowest BCUT2D eigenvalue weighted by Gasteiger charge is -2.17. The van der Waals surface area contributed by atoms with Gasteiger partial charge in [-0.15, -0.1) is 0 Å². The van der Waals surface area contributed by atoms with Gasteiger partial charge in [-0.05, 0) is 12.5 Å². The van der Waals surface area contributed by atoms with E-state index in [9.17, 15) is 4.79 Å². The van der Waals surface area contributed by atoms with Crippen molar-refractivity contribution in [1.29, 1.82) is 0 Å². The van der Waals surface area contributed by atoms with Gasteiger partial charge in [-0.3, -0.25) is 4.79 Å². The number of rotatable bonds is 1. The highest BCUT2D eigenvalue weighted by Gasteiger charge is 2.13. The molecule has 1 aliphatic heterocycles. The number of nitrogens with two attached hydrogens (primary N) is 1. The molecule has 0 aliphatic carbocycles. The molecular weight excluding hydrogens is 130 g/mol. The molecule has 1 rings (SSSR count). The molecule has 0 fully saturated rings. The standard InChI is InChI=1S/C7H11NO2/c1-5(9)7-3-2-6(8)4-10-7/h3,6H,2,4,8H2,1H3. The quantitative estimate of drug-likeness (QED) is 0.567. The van der Waals surface area contributed by atoms with E-state index in [4.69, 9.17) is 10.5 Å². The second kappa shape index (κ2) is 2.84. The van der Waals surface area contributed by atoms with Crippen LogP contribution in [0.25, 0.3) is 0 Å². The fourth-order valence-electron chi connectivity index (χ4n) is 0.828. The summed E-state index contributed by atoms with van der Waals surface area (Å²) in [6, 6.07) is 0.0584. The van der Waals surface area contributed by atoms with Crippen molar-refractivity contribution in [1.82, 2.24) is 0 Å². The third kappa shape index (κ3) is 1.57. The number of hydrogen-bond donors (Lipinski definition) is 1. The summed E-state index contributed by atoms with van der Waals surface area (Å²) in [5.74, 6) is 0.439. The van der Waals surface area contributed by atoms with Gasteiger partial charge in [0.1, 0.15) is 6.61 Å². The number of ether oxygens (including phenoxy) is 1. The van der Waals surface area contributed by atoms with Crippen LogP contribution in [-0.2, 0) is 9.53 Å². The summed E-state index contributed by atoms with van der Waals surface area (Å²) < 4.78 is 5.04. The number of carbonyl (C=O) groups is 1. The SMILES string of the molecule is CC(=O)C1=CCC(N)CO1. The molecule has 3 nitrogen and oxygen atoms in total. The average Bonchev–Trinajstić information content (AvgIpc) is 1.88. The molecule has 0 saturated heterocycles. The van der Waals surface area contributed by atoms with Gasteiger partial charge >= 0.3 is 0 Å². The van der Waals surface area contributed by atoms with Crippen LogP contribution in [0.15, 0.2) is 11.8 Å². The van der Waals surface area contributed by atoms with Crippen molar-refractivity contribution >= 4 is 5.78 Å². The molecule has 1 aliphatic rings. The fourth-order valence-corrected chi connectivity index (χ4v) is 0.828. The lowest BCUT2D eigenvalue weighted by atomic mass is 10.1. The predicted molar refractivity (Wildman–Crippen MR) is 37.3 cm³/mol. The number of Topliss-reactive ketones (excluding diaryl/α,β-unsaturated/α-hetero) is 1. The van der Waals surface area contributed by atoms with Crippen molar-refractivity contribution in [2.45, 2.75) is 19.4 Å². The molecule has 1 atom stereocenters. The molecular formula is C7H11NO2. The molecule has 0 spiro atoms. The van der Waals surface area contributed by atoms with Crippen LogP contribution < -0.4 is 5.73 Å². The summed E-state index contributed by atoms with van der Waals surface area (Å²) in [5.41, 5.74) is 5.52. The summed E-state index contributed by atoms with van der Waals surface area (Å²) in [6.07, 6.45) is 2.49. The maximum absolute atomic E-state index is 10.7. The number of carbonyl (C=O) groups excluding carboxylic acids is 1. The molecule has 0 aromatic rings. The van der Waals surface area contributed by atoms with Gasteiger partial charge in [-0.1, -0.05) is 0 Å². The van der Waals surface area contributed by atoms with E-state index < -0.39 is 0 Å². The lowest BCUT2D eigenvalue weighted by Crippen LogP contribution is -2.29. The number of ketones is 1. The van der Waals surface area contributed by atoms with Gasteiger partial charge in [0, 0.05) is 13.0 Å². The van der Waals surface area contributed by atoms with Gasteiger partial charge in [0.15, 0.2) is 11.5 Å². The van der Waals surface area contributed by atoms with Crippen molar-refractivity contribution in [3.05, 3.63) is 11.8 Å². The van der Waals surface area contributed by atoms with E-state index in [0.29, 0.717) is 12.4 Å². The first kappa shape index (κ1) is 7.28. The molecule has 0 saturated carbocycles. The summed E-state index contributed by atoms with van der Waals surface area (Å²) in [7, 11) is 0. The predicted octanol–water partition coefficient (Wildman–Crippen LogP) is 0.207. The molecule has 0 bridgehead atoms. The molecule has 56 valence electrons. The van der Waals surface area contributed by atoms with E-state index in [-0.39, 0.29) is 11.8 Å². The first-order valence-corrected chi connectivity index (χ1v) is 3.29. The lowest BCUT2D eigenvalue weighted by molar-refractivity contribution is -0.117. The van der Waals surface area contributed by atoms with Crippen molar-refractivity contribution < 1.29 is 9.53 Å². The average molecular weight is 141 g/mol. The maximum atomic E-state index is 10.7. The maximum Gasteiger partial charge on any atom is 0.193 e.